The Bertz CT molecular complexity index is 2480. The van der Waals surface area contributed by atoms with Crippen LogP contribution in [0.15, 0.2) is 9.98 Å². The van der Waals surface area contributed by atoms with E-state index in [1.807, 2.05) is 0 Å². The third-order valence-corrected chi connectivity index (χ3v) is 13.2. The summed E-state index contributed by atoms with van der Waals surface area (Å²) in [6.07, 6.45) is -1.95. The fourth-order valence-corrected chi connectivity index (χ4v) is 8.44. The Morgan fingerprint density at radius 1 is 0.427 bits per heavy atom. The zero-order valence-electron chi connectivity index (χ0n) is 53.8. The van der Waals surface area contributed by atoms with Crippen molar-refractivity contribution >= 4 is 89.0 Å². The van der Waals surface area contributed by atoms with Crippen LogP contribution in [-0.4, -0.2) is 173 Å². The van der Waals surface area contributed by atoms with Gasteiger partial charge < -0.3 is 97.4 Å². The first-order valence-corrected chi connectivity index (χ1v) is 29.8. The fourth-order valence-electron chi connectivity index (χ4n) is 8.44. The van der Waals surface area contributed by atoms with Crippen molar-refractivity contribution in [2.24, 2.45) is 68.1 Å². The topological polar surface area (TPSA) is 553 Å². The normalized spacial score (nSPS) is 15.0. The molecule has 23 N–H and O–H groups in total. The standard InChI is InChI=1S/C56H102N18O15/c1-14-30(8)42(51(85)72-37(24-28(4)5)48(82)71-36(23-27(2)3)47(81)66-31(9)43(77)69-35(52(86)87)19-20-40(57)75)74-50(84)38(25-29(6)7)70-44(78)32(10)65-45(79)33(17-15-21-63-53(59)60)67-46(80)34(18-16-22-64-54(61)62)68-49(83)39(26-41(58)76)73-55(88)89-56(11,12)13/h27-39,42H,14-26H2,1-13H3,(H2,57,75)(H2,58,76)(H,65,79)(H,66,81)(H,67,80)(H,68,83)(H,69,77)(H,70,78)(H,71,82)(H,72,85)(H,73,88)(H,74,84)(H,86,87)(H4,59,60,63)(H4,61,62,64)/t30-,31-,32-,33-,34-,35-,36-,37-,38-,39-,42-/m0/s1. The zero-order chi connectivity index (χ0) is 68.6. The average molecular weight is 1270 g/mol. The molecular weight excluding hydrogens is 1160 g/mol. The molecule has 0 radical (unpaired) electrons. The number of carbonyl (C=O) groups is 13. The van der Waals surface area contributed by atoms with Crippen LogP contribution in [0.3, 0.4) is 0 Å². The molecule has 0 saturated heterocycles. The predicted octanol–water partition coefficient (Wildman–Crippen LogP) is -3.20. The Hall–Kier alpha value is -8.55. The van der Waals surface area contributed by atoms with Gasteiger partial charge in [0.25, 0.3) is 0 Å². The zero-order valence-corrected chi connectivity index (χ0v) is 53.8. The second-order valence-electron chi connectivity index (χ2n) is 24.2. The first-order chi connectivity index (χ1) is 41.2. The van der Waals surface area contributed by atoms with Crippen molar-refractivity contribution < 1.29 is 72.2 Å². The summed E-state index contributed by atoms with van der Waals surface area (Å²) in [5.41, 5.74) is 31.5. The molecule has 0 aromatic carbocycles. The van der Waals surface area contributed by atoms with Gasteiger partial charge in [0.05, 0.1) is 6.42 Å². The average Bonchev–Trinajstić information content (AvgIpc) is 1.85. The number of guanidine groups is 2. The first kappa shape index (κ1) is 80.5. The lowest BCUT2D eigenvalue weighted by Gasteiger charge is -2.30. The number of nitrogens with one attached hydrogen (secondary N) is 10. The molecule has 12 amide bonds. The van der Waals surface area contributed by atoms with E-state index >= 15 is 0 Å². The number of aliphatic imine (C=N–C) groups is 2. The molecule has 0 aliphatic heterocycles. The molecule has 0 aliphatic carbocycles. The number of ether oxygens (including phenoxy) is 1. The number of nitrogens with zero attached hydrogens (tertiary/aromatic N) is 2. The van der Waals surface area contributed by atoms with Gasteiger partial charge >= 0.3 is 12.1 Å². The number of alkyl carbamates (subject to hydrolysis) is 1. The molecular formula is C56H102N18O15. The molecule has 89 heavy (non-hydrogen) atoms. The van der Waals surface area contributed by atoms with E-state index < -0.39 is 155 Å². The maximum absolute atomic E-state index is 14.4. The fraction of sp³-hybridized carbons (Fsp3) is 0.732. The van der Waals surface area contributed by atoms with Gasteiger partial charge in [0.2, 0.25) is 65.0 Å². The highest BCUT2D eigenvalue weighted by Gasteiger charge is 2.37. The molecule has 0 unspecified atom stereocenters. The molecule has 0 aromatic rings. The van der Waals surface area contributed by atoms with E-state index in [0.29, 0.717) is 6.42 Å². The van der Waals surface area contributed by atoms with Crippen LogP contribution in [0.5, 0.6) is 0 Å². The highest BCUT2D eigenvalue weighted by Crippen LogP contribution is 2.15. The number of carboxylic acids is 1. The van der Waals surface area contributed by atoms with Crippen molar-refractivity contribution in [3.05, 3.63) is 0 Å². The highest BCUT2D eigenvalue weighted by atomic mass is 16.6. The quantitative estimate of drug-likeness (QED) is 0.0163. The van der Waals surface area contributed by atoms with Crippen LogP contribution in [0.2, 0.25) is 0 Å². The second kappa shape index (κ2) is 40.1. The lowest BCUT2D eigenvalue weighted by atomic mass is 9.95. The molecule has 0 bridgehead atoms. The summed E-state index contributed by atoms with van der Waals surface area (Å²) in [5, 5.41) is 35.0. The SMILES string of the molecule is CC[C@H](C)[C@H](NC(=O)[C@H](CC(C)C)NC(=O)[C@H](C)NC(=O)[C@H](CCCN=C(N)N)NC(=O)[C@H](CCCN=C(N)N)NC(=O)[C@H](CC(N)=O)NC(=O)OC(C)(C)C)C(=O)N[C@@H](CC(C)C)C(=O)N[C@@H](CC(C)C)C(=O)N[C@@H](C)C(=O)N[C@@H](CCC(N)=O)C(=O)O. The monoisotopic (exact) mass is 1270 g/mol. The summed E-state index contributed by atoms with van der Waals surface area (Å²) in [6.45, 7) is 21.5. The highest BCUT2D eigenvalue weighted by molar-refractivity contribution is 5.99. The van der Waals surface area contributed by atoms with Gasteiger partial charge in [-0.05, 0) is 110 Å². The van der Waals surface area contributed by atoms with Crippen LogP contribution in [0.1, 0.15) is 161 Å². The lowest BCUT2D eigenvalue weighted by molar-refractivity contribution is -0.142. The summed E-state index contributed by atoms with van der Waals surface area (Å²) >= 11 is 0. The van der Waals surface area contributed by atoms with Crippen molar-refractivity contribution in [1.29, 1.82) is 0 Å². The largest absolute Gasteiger partial charge is 0.480 e. The van der Waals surface area contributed by atoms with Crippen LogP contribution >= 0.6 is 0 Å². The van der Waals surface area contributed by atoms with Gasteiger partial charge in [-0.3, -0.25) is 62.7 Å². The van der Waals surface area contributed by atoms with E-state index in [1.165, 1.54) is 13.8 Å². The van der Waals surface area contributed by atoms with Gasteiger partial charge in [-0.15, -0.1) is 0 Å². The van der Waals surface area contributed by atoms with Crippen LogP contribution in [-0.2, 0) is 62.3 Å². The van der Waals surface area contributed by atoms with Crippen LogP contribution in [0.4, 0.5) is 4.79 Å². The number of nitrogens with two attached hydrogens (primary N) is 6. The molecule has 33 heteroatoms. The third kappa shape index (κ3) is 34.5. The Morgan fingerprint density at radius 2 is 0.775 bits per heavy atom. The second-order valence-corrected chi connectivity index (χ2v) is 24.2. The van der Waals surface area contributed by atoms with Gasteiger partial charge in [-0.1, -0.05) is 61.8 Å². The van der Waals surface area contributed by atoms with Crippen molar-refractivity contribution in [3.8, 4) is 0 Å². The summed E-state index contributed by atoms with van der Waals surface area (Å²) in [5.74, 6) is -12.6. The Labute approximate surface area is 520 Å². The van der Waals surface area contributed by atoms with E-state index in [1.54, 1.807) is 76.2 Å². The maximum Gasteiger partial charge on any atom is 0.408 e. The van der Waals surface area contributed by atoms with Gasteiger partial charge in [-0.2, -0.15) is 0 Å². The molecule has 11 atom stereocenters. The maximum atomic E-state index is 14.4. The smallest absolute Gasteiger partial charge is 0.408 e. The lowest BCUT2D eigenvalue weighted by Crippen LogP contribution is -2.61. The van der Waals surface area contributed by atoms with Gasteiger partial charge in [0.1, 0.15) is 66.0 Å². The minimum atomic E-state index is -1.61. The van der Waals surface area contributed by atoms with E-state index in [9.17, 15) is 67.4 Å². The Kier molecular flexibility index (Phi) is 36.2. The molecule has 0 aliphatic rings. The van der Waals surface area contributed by atoms with Gasteiger partial charge in [0, 0.05) is 19.5 Å². The van der Waals surface area contributed by atoms with E-state index in [0.717, 1.165) is 0 Å². The number of aliphatic carboxylic acids is 1. The number of hydrogen-bond donors (Lipinski definition) is 17. The Morgan fingerprint density at radius 3 is 1.15 bits per heavy atom. The van der Waals surface area contributed by atoms with Crippen LogP contribution in [0, 0.1) is 23.7 Å². The number of carbonyl (C=O) groups excluding carboxylic acids is 12. The number of amides is 12. The number of hydrogen-bond acceptors (Lipinski definition) is 16. The van der Waals surface area contributed by atoms with Gasteiger partial charge in [0.15, 0.2) is 11.9 Å². The number of carboxylic acid groups (broad SMARTS) is 1. The Balaban J connectivity index is 6.80. The predicted molar refractivity (Wildman–Crippen MR) is 329 cm³/mol. The molecule has 0 rings (SSSR count). The summed E-state index contributed by atoms with van der Waals surface area (Å²) in [6, 6.07) is -13.8. The molecule has 33 nitrogen and oxygen atoms in total. The van der Waals surface area contributed by atoms with E-state index in [4.69, 9.17) is 39.1 Å². The van der Waals surface area contributed by atoms with Crippen molar-refractivity contribution in [1.82, 2.24) is 53.2 Å². The van der Waals surface area contributed by atoms with E-state index in [-0.39, 0.29) is 101 Å². The van der Waals surface area contributed by atoms with Crippen LogP contribution < -0.4 is 87.6 Å². The first-order valence-electron chi connectivity index (χ1n) is 29.8. The van der Waals surface area contributed by atoms with Crippen LogP contribution in [0.25, 0.3) is 0 Å². The summed E-state index contributed by atoms with van der Waals surface area (Å²) < 4.78 is 5.23. The summed E-state index contributed by atoms with van der Waals surface area (Å²) in [4.78, 5) is 181. The number of primary amides is 2. The van der Waals surface area contributed by atoms with Crippen molar-refractivity contribution in [2.45, 2.75) is 227 Å². The minimum Gasteiger partial charge on any atom is -0.480 e. The van der Waals surface area contributed by atoms with E-state index in [2.05, 4.69) is 63.2 Å². The molecule has 506 valence electrons. The van der Waals surface area contributed by atoms with Gasteiger partial charge in [-0.25, -0.2) is 9.59 Å². The minimum absolute atomic E-state index is 0.00134. The summed E-state index contributed by atoms with van der Waals surface area (Å²) in [7, 11) is 0. The molecule has 0 heterocycles. The molecule has 0 aromatic heterocycles. The number of rotatable bonds is 41. The molecule has 0 spiro atoms. The molecule has 0 saturated carbocycles. The molecule has 0 fully saturated rings. The van der Waals surface area contributed by atoms with Crippen molar-refractivity contribution in [3.63, 3.8) is 0 Å². The van der Waals surface area contributed by atoms with Crippen molar-refractivity contribution in [2.75, 3.05) is 13.1 Å². The third-order valence-electron chi connectivity index (χ3n) is 13.2.